The van der Waals surface area contributed by atoms with Gasteiger partial charge in [0.15, 0.2) is 11.5 Å². The molecule has 1 saturated heterocycles. The van der Waals surface area contributed by atoms with Gasteiger partial charge < -0.3 is 19.1 Å². The maximum Gasteiger partial charge on any atom is 0.231 e. The molecule has 100 valence electrons. The number of rotatable bonds is 1. The van der Waals surface area contributed by atoms with Crippen LogP contribution in [0.3, 0.4) is 0 Å². The van der Waals surface area contributed by atoms with Gasteiger partial charge in [0.2, 0.25) is 6.79 Å². The molecular formula is C15H17NO3. The van der Waals surface area contributed by atoms with Crippen LogP contribution in [0.5, 0.6) is 11.5 Å². The minimum atomic E-state index is 0.340. The number of hydrogen-bond donors (Lipinski definition) is 0. The quantitative estimate of drug-likeness (QED) is 0.773. The molecule has 1 atom stereocenters. The Balaban J connectivity index is 1.69. The van der Waals surface area contributed by atoms with E-state index >= 15 is 0 Å². The molecule has 0 N–H and O–H groups in total. The summed E-state index contributed by atoms with van der Waals surface area (Å²) in [4.78, 5) is 2.43. The summed E-state index contributed by atoms with van der Waals surface area (Å²) in [5.41, 5.74) is 3.99. The molecule has 3 aliphatic rings. The molecule has 0 saturated carbocycles. The number of nitrogens with zero attached hydrogens (tertiary/aromatic N) is 1. The lowest BCUT2D eigenvalue weighted by atomic mass is 10.00. The van der Waals surface area contributed by atoms with Crippen molar-refractivity contribution in [1.29, 1.82) is 0 Å². The molecule has 0 radical (unpaired) electrons. The molecule has 4 heteroatoms. The van der Waals surface area contributed by atoms with Gasteiger partial charge in [-0.2, -0.15) is 0 Å². The van der Waals surface area contributed by atoms with Crippen LogP contribution in [0.25, 0.3) is 6.08 Å². The zero-order valence-electron chi connectivity index (χ0n) is 11.0. The second-order valence-corrected chi connectivity index (χ2v) is 5.22. The summed E-state index contributed by atoms with van der Waals surface area (Å²) in [5.74, 6) is 2.16. The van der Waals surface area contributed by atoms with Crippen LogP contribution in [0.1, 0.15) is 24.0 Å². The number of fused-ring (bicyclic) bond motifs is 2. The van der Waals surface area contributed by atoms with E-state index in [0.29, 0.717) is 12.7 Å². The Kier molecular flexibility index (Phi) is 2.45. The first-order valence-corrected chi connectivity index (χ1v) is 6.81. The van der Waals surface area contributed by atoms with Crippen molar-refractivity contribution in [3.8, 4) is 11.5 Å². The third-order valence-electron chi connectivity index (χ3n) is 4.17. The van der Waals surface area contributed by atoms with E-state index in [1.807, 2.05) is 0 Å². The van der Waals surface area contributed by atoms with Gasteiger partial charge in [0.05, 0.1) is 13.2 Å². The van der Waals surface area contributed by atoms with Gasteiger partial charge in [-0.15, -0.1) is 0 Å². The fraction of sp³-hybridized carbons (Fsp3) is 0.467. The average molecular weight is 259 g/mol. The molecule has 1 unspecified atom stereocenters. The van der Waals surface area contributed by atoms with E-state index in [2.05, 4.69) is 30.0 Å². The summed E-state index contributed by atoms with van der Waals surface area (Å²) in [6.07, 6.45) is 2.28. The molecule has 0 amide bonds. The van der Waals surface area contributed by atoms with Gasteiger partial charge in [0, 0.05) is 24.7 Å². The van der Waals surface area contributed by atoms with Crippen LogP contribution < -0.4 is 9.47 Å². The molecule has 1 aliphatic carbocycles. The van der Waals surface area contributed by atoms with Crippen LogP contribution in [0, 0.1) is 0 Å². The molecule has 1 aromatic rings. The summed E-state index contributed by atoms with van der Waals surface area (Å²) in [6, 6.07) is 4.23. The molecule has 19 heavy (non-hydrogen) atoms. The highest BCUT2D eigenvalue weighted by atomic mass is 16.7. The standard InChI is InChI=1S/C15H17NO3/c1-10-12-8-15-14(18-9-19-15)7-11(12)6-13(10)16-2-4-17-5-3-16/h6-8,10H,2-5,9H2,1H3. The normalized spacial score (nSPS) is 24.4. The minimum Gasteiger partial charge on any atom is -0.454 e. The Morgan fingerprint density at radius 2 is 1.84 bits per heavy atom. The van der Waals surface area contributed by atoms with Gasteiger partial charge in [-0.3, -0.25) is 0 Å². The van der Waals surface area contributed by atoms with Crippen LogP contribution >= 0.6 is 0 Å². The van der Waals surface area contributed by atoms with Crippen molar-refractivity contribution in [3.05, 3.63) is 29.0 Å². The van der Waals surface area contributed by atoms with Crippen LogP contribution in [0.2, 0.25) is 0 Å². The Morgan fingerprint density at radius 3 is 2.63 bits per heavy atom. The van der Waals surface area contributed by atoms with Crippen molar-refractivity contribution in [2.45, 2.75) is 12.8 Å². The lowest BCUT2D eigenvalue weighted by Crippen LogP contribution is -2.36. The van der Waals surface area contributed by atoms with Crippen molar-refractivity contribution in [2.24, 2.45) is 0 Å². The summed E-state index contributed by atoms with van der Waals surface area (Å²) in [7, 11) is 0. The third kappa shape index (κ3) is 1.70. The average Bonchev–Trinajstić information content (AvgIpc) is 3.02. The number of morpholine rings is 1. The zero-order chi connectivity index (χ0) is 12.8. The predicted molar refractivity (Wildman–Crippen MR) is 71.3 cm³/mol. The topological polar surface area (TPSA) is 30.9 Å². The van der Waals surface area contributed by atoms with Crippen LogP contribution in [0.4, 0.5) is 0 Å². The fourth-order valence-corrected chi connectivity index (χ4v) is 3.10. The molecule has 4 rings (SSSR count). The minimum absolute atomic E-state index is 0.340. The lowest BCUT2D eigenvalue weighted by Gasteiger charge is -2.32. The van der Waals surface area contributed by atoms with E-state index in [1.165, 1.54) is 16.8 Å². The smallest absolute Gasteiger partial charge is 0.231 e. The lowest BCUT2D eigenvalue weighted by molar-refractivity contribution is 0.0520. The van der Waals surface area contributed by atoms with E-state index in [0.717, 1.165) is 37.8 Å². The van der Waals surface area contributed by atoms with E-state index in [-0.39, 0.29) is 0 Å². The van der Waals surface area contributed by atoms with Crippen LogP contribution in [0.15, 0.2) is 17.8 Å². The first kappa shape index (κ1) is 11.2. The first-order valence-electron chi connectivity index (χ1n) is 6.81. The molecule has 2 aliphatic heterocycles. The highest BCUT2D eigenvalue weighted by Gasteiger charge is 2.29. The first-order chi connectivity index (χ1) is 9.33. The van der Waals surface area contributed by atoms with Crippen molar-refractivity contribution in [2.75, 3.05) is 33.1 Å². The second kappa shape index (κ2) is 4.17. The Labute approximate surface area is 112 Å². The van der Waals surface area contributed by atoms with Crippen molar-refractivity contribution in [3.63, 3.8) is 0 Å². The largest absolute Gasteiger partial charge is 0.454 e. The molecule has 1 fully saturated rings. The van der Waals surface area contributed by atoms with Crippen LogP contribution in [-0.2, 0) is 4.74 Å². The van der Waals surface area contributed by atoms with Gasteiger partial charge in [0.25, 0.3) is 0 Å². The molecule has 4 nitrogen and oxygen atoms in total. The summed E-state index contributed by atoms with van der Waals surface area (Å²) < 4.78 is 16.4. The van der Waals surface area contributed by atoms with Crippen molar-refractivity contribution >= 4 is 6.08 Å². The summed E-state index contributed by atoms with van der Waals surface area (Å²) in [6.45, 7) is 6.21. The highest BCUT2D eigenvalue weighted by Crippen LogP contribution is 2.44. The van der Waals surface area contributed by atoms with Gasteiger partial charge in [-0.05, 0) is 29.3 Å². The molecule has 0 aromatic heterocycles. The third-order valence-corrected chi connectivity index (χ3v) is 4.17. The molecule has 2 heterocycles. The van der Waals surface area contributed by atoms with E-state index in [1.54, 1.807) is 0 Å². The fourth-order valence-electron chi connectivity index (χ4n) is 3.10. The monoisotopic (exact) mass is 259 g/mol. The van der Waals surface area contributed by atoms with Gasteiger partial charge in [-0.1, -0.05) is 6.92 Å². The highest BCUT2D eigenvalue weighted by molar-refractivity contribution is 5.69. The van der Waals surface area contributed by atoms with Crippen molar-refractivity contribution < 1.29 is 14.2 Å². The zero-order valence-corrected chi connectivity index (χ0v) is 11.0. The van der Waals surface area contributed by atoms with Crippen molar-refractivity contribution in [1.82, 2.24) is 4.90 Å². The summed E-state index contributed by atoms with van der Waals surface area (Å²) in [5, 5.41) is 0. The van der Waals surface area contributed by atoms with E-state index < -0.39 is 0 Å². The number of hydrogen-bond acceptors (Lipinski definition) is 4. The SMILES string of the molecule is CC1C(N2CCOCC2)=Cc2cc3c(cc21)OCO3. The predicted octanol–water partition coefficient (Wildman–Crippen LogP) is 2.21. The maximum absolute atomic E-state index is 5.47. The number of allylic oxidation sites excluding steroid dienone is 1. The second-order valence-electron chi connectivity index (χ2n) is 5.22. The number of benzene rings is 1. The van der Waals surface area contributed by atoms with E-state index in [4.69, 9.17) is 14.2 Å². The maximum atomic E-state index is 5.47. The Hall–Kier alpha value is -1.68. The number of ether oxygens (including phenoxy) is 3. The Morgan fingerprint density at radius 1 is 1.11 bits per heavy atom. The summed E-state index contributed by atoms with van der Waals surface area (Å²) >= 11 is 0. The van der Waals surface area contributed by atoms with E-state index in [9.17, 15) is 0 Å². The molecule has 0 spiro atoms. The molecule has 1 aromatic carbocycles. The molecule has 0 bridgehead atoms. The Bertz CT molecular complexity index is 547. The van der Waals surface area contributed by atoms with Gasteiger partial charge >= 0.3 is 0 Å². The van der Waals surface area contributed by atoms with Gasteiger partial charge in [0.1, 0.15) is 0 Å². The van der Waals surface area contributed by atoms with Crippen LogP contribution in [-0.4, -0.2) is 38.0 Å². The van der Waals surface area contributed by atoms with Gasteiger partial charge in [-0.25, -0.2) is 0 Å². The molecular weight excluding hydrogens is 242 g/mol.